The van der Waals surface area contributed by atoms with Gasteiger partial charge < -0.3 is 14.1 Å². The Bertz CT molecular complexity index is 1250. The molecule has 0 saturated heterocycles. The zero-order chi connectivity index (χ0) is 23.7. The van der Waals surface area contributed by atoms with Gasteiger partial charge in [0.1, 0.15) is 30.1 Å². The maximum Gasteiger partial charge on any atom is 0.191 e. The van der Waals surface area contributed by atoms with Gasteiger partial charge in [0.25, 0.3) is 0 Å². The maximum atomic E-state index is 6.59. The van der Waals surface area contributed by atoms with Crippen LogP contribution in [0, 0.1) is 13.8 Å². The zero-order valence-electron chi connectivity index (χ0n) is 19.2. The van der Waals surface area contributed by atoms with Crippen LogP contribution >= 0.6 is 27.5 Å². The number of nitrogens with zero attached hydrogens (tertiary/aromatic N) is 5. The molecule has 0 amide bonds. The largest absolute Gasteiger partial charge is 0.486 e. The van der Waals surface area contributed by atoms with Crippen LogP contribution in [0.1, 0.15) is 49.7 Å². The second kappa shape index (κ2) is 9.65. The first-order valence-electron chi connectivity index (χ1n) is 10.6. The molecule has 0 bridgehead atoms. The number of aromatic nitrogens is 4. The van der Waals surface area contributed by atoms with E-state index in [2.05, 4.69) is 49.6 Å². The number of pyridine rings is 1. The molecule has 4 heterocycles. The first-order chi connectivity index (χ1) is 15.7. The van der Waals surface area contributed by atoms with Crippen molar-refractivity contribution < 1.29 is 9.15 Å². The third-order valence-corrected chi connectivity index (χ3v) is 6.18. The van der Waals surface area contributed by atoms with Crippen LogP contribution in [0.15, 0.2) is 51.2 Å². The van der Waals surface area contributed by atoms with Gasteiger partial charge in [0, 0.05) is 37.0 Å². The summed E-state index contributed by atoms with van der Waals surface area (Å²) in [7, 11) is 0. The number of halogens is 2. The molecule has 0 aromatic carbocycles. The highest BCUT2D eigenvalue weighted by atomic mass is 79.9. The molecule has 0 saturated carbocycles. The van der Waals surface area contributed by atoms with Crippen molar-refractivity contribution in [3.8, 4) is 11.4 Å². The second-order valence-corrected chi connectivity index (χ2v) is 9.59. The summed E-state index contributed by atoms with van der Waals surface area (Å²) in [4.78, 5) is 20.2. The summed E-state index contributed by atoms with van der Waals surface area (Å²) in [6, 6.07) is 1.98. The number of hydrogen-bond acceptors (Lipinski definition) is 7. The Hall–Kier alpha value is -2.71. The average Bonchev–Trinajstić information content (AvgIpc) is 3.20. The minimum atomic E-state index is 0.226. The number of aryl methyl sites for hydroxylation is 2. The Morgan fingerprint density at radius 3 is 2.67 bits per heavy atom. The maximum absolute atomic E-state index is 6.59. The van der Waals surface area contributed by atoms with Crippen LogP contribution < -0.4 is 4.90 Å². The Morgan fingerprint density at radius 1 is 1.18 bits per heavy atom. The zero-order valence-corrected chi connectivity index (χ0v) is 21.5. The lowest BCUT2D eigenvalue weighted by molar-refractivity contribution is 0.204. The van der Waals surface area contributed by atoms with Crippen LogP contribution in [0.4, 0.5) is 5.69 Å². The Morgan fingerprint density at radius 2 is 1.97 bits per heavy atom. The average molecular weight is 531 g/mol. The van der Waals surface area contributed by atoms with Crippen molar-refractivity contribution in [1.29, 1.82) is 0 Å². The highest BCUT2D eigenvalue weighted by Crippen LogP contribution is 2.36. The minimum Gasteiger partial charge on any atom is -0.486 e. The SMILES string of the molecule is CC1=CC(OCc2coc(C)n2)=C(Br)CN1c1cc(-c2nc(C(C)C)ncc2C)ncc1Cl. The predicted octanol–water partition coefficient (Wildman–Crippen LogP) is 6.47. The van der Waals surface area contributed by atoms with E-state index in [4.69, 9.17) is 25.7 Å². The van der Waals surface area contributed by atoms with Crippen molar-refractivity contribution in [3.05, 3.63) is 74.7 Å². The first-order valence-corrected chi connectivity index (χ1v) is 11.8. The summed E-state index contributed by atoms with van der Waals surface area (Å²) in [5, 5.41) is 0.560. The van der Waals surface area contributed by atoms with Gasteiger partial charge in [-0.25, -0.2) is 15.0 Å². The minimum absolute atomic E-state index is 0.226. The lowest BCUT2D eigenvalue weighted by atomic mass is 10.1. The molecule has 0 radical (unpaired) electrons. The van der Waals surface area contributed by atoms with Gasteiger partial charge in [-0.1, -0.05) is 25.4 Å². The van der Waals surface area contributed by atoms with Crippen LogP contribution in [0.3, 0.4) is 0 Å². The molecule has 0 aliphatic carbocycles. The molecule has 3 aromatic heterocycles. The van der Waals surface area contributed by atoms with Crippen molar-refractivity contribution in [2.24, 2.45) is 0 Å². The summed E-state index contributed by atoms with van der Waals surface area (Å²) in [5.41, 5.74) is 5.12. The van der Waals surface area contributed by atoms with Gasteiger partial charge in [-0.3, -0.25) is 4.98 Å². The molecule has 0 spiro atoms. The Balaban J connectivity index is 1.61. The topological polar surface area (TPSA) is 77.2 Å². The van der Waals surface area contributed by atoms with E-state index in [-0.39, 0.29) is 5.92 Å². The molecule has 1 aliphatic rings. The summed E-state index contributed by atoms with van der Waals surface area (Å²) in [5.74, 6) is 2.38. The molecule has 33 heavy (non-hydrogen) atoms. The quantitative estimate of drug-likeness (QED) is 0.361. The molecule has 7 nitrogen and oxygen atoms in total. The van der Waals surface area contributed by atoms with E-state index in [1.54, 1.807) is 19.4 Å². The van der Waals surface area contributed by atoms with E-state index in [9.17, 15) is 0 Å². The summed E-state index contributed by atoms with van der Waals surface area (Å²) < 4.78 is 12.1. The number of oxazole rings is 1. The Kier molecular flexibility index (Phi) is 6.86. The van der Waals surface area contributed by atoms with E-state index in [0.717, 1.165) is 50.1 Å². The molecular formula is C24H25BrClN5O2. The summed E-state index contributed by atoms with van der Waals surface area (Å²) in [6.07, 6.45) is 7.10. The van der Waals surface area contributed by atoms with Crippen LogP contribution in [-0.4, -0.2) is 26.5 Å². The van der Waals surface area contributed by atoms with E-state index >= 15 is 0 Å². The van der Waals surface area contributed by atoms with E-state index < -0.39 is 0 Å². The van der Waals surface area contributed by atoms with Crippen molar-refractivity contribution in [3.63, 3.8) is 0 Å². The van der Waals surface area contributed by atoms with Crippen molar-refractivity contribution in [2.75, 3.05) is 11.4 Å². The van der Waals surface area contributed by atoms with Crippen molar-refractivity contribution >= 4 is 33.2 Å². The van der Waals surface area contributed by atoms with Gasteiger partial charge in [0.2, 0.25) is 0 Å². The fraction of sp³-hybridized carbons (Fsp3) is 0.333. The summed E-state index contributed by atoms with van der Waals surface area (Å²) in [6.45, 7) is 10.9. The fourth-order valence-electron chi connectivity index (χ4n) is 3.47. The molecule has 4 rings (SSSR count). The standard InChI is InChI=1S/C24H25BrClN5O2/c1-13(2)24-28-8-14(3)23(30-24)20-7-21(19(26)9-27-20)31-10-18(25)22(6-15(31)4)33-12-17-11-32-16(5)29-17/h6-9,11,13H,10,12H2,1-5H3. The van der Waals surface area contributed by atoms with Gasteiger partial charge in [0.15, 0.2) is 5.89 Å². The van der Waals surface area contributed by atoms with Gasteiger partial charge in [-0.2, -0.15) is 0 Å². The molecule has 0 unspecified atom stereocenters. The fourth-order valence-corrected chi connectivity index (χ4v) is 4.15. The molecular weight excluding hydrogens is 506 g/mol. The lowest BCUT2D eigenvalue weighted by Gasteiger charge is -2.30. The van der Waals surface area contributed by atoms with Crippen molar-refractivity contribution in [1.82, 2.24) is 19.9 Å². The van der Waals surface area contributed by atoms with Crippen molar-refractivity contribution in [2.45, 2.75) is 47.1 Å². The first kappa shape index (κ1) is 23.4. The number of ether oxygens (including phenoxy) is 1. The molecule has 3 aromatic rings. The second-order valence-electron chi connectivity index (χ2n) is 8.22. The summed E-state index contributed by atoms with van der Waals surface area (Å²) >= 11 is 10.3. The predicted molar refractivity (Wildman–Crippen MR) is 132 cm³/mol. The van der Waals surface area contributed by atoms with Gasteiger partial charge in [0.05, 0.1) is 33.1 Å². The van der Waals surface area contributed by atoms with Gasteiger partial charge >= 0.3 is 0 Å². The lowest BCUT2D eigenvalue weighted by Crippen LogP contribution is -2.27. The van der Waals surface area contributed by atoms with Crippen LogP contribution in [0.25, 0.3) is 11.4 Å². The number of rotatable bonds is 6. The highest BCUT2D eigenvalue weighted by Gasteiger charge is 2.22. The molecule has 0 N–H and O–H groups in total. The van der Waals surface area contributed by atoms with E-state index in [0.29, 0.717) is 24.1 Å². The smallest absolute Gasteiger partial charge is 0.191 e. The van der Waals surface area contributed by atoms with Crippen LogP contribution in [-0.2, 0) is 11.3 Å². The molecule has 9 heteroatoms. The molecule has 172 valence electrons. The third kappa shape index (κ3) is 5.12. The number of anilines is 1. The van der Waals surface area contributed by atoms with Crippen LogP contribution in [0.2, 0.25) is 5.02 Å². The monoisotopic (exact) mass is 529 g/mol. The van der Waals surface area contributed by atoms with E-state index in [1.807, 2.05) is 32.2 Å². The number of allylic oxidation sites excluding steroid dienone is 2. The Labute approximate surface area is 206 Å². The number of hydrogen-bond donors (Lipinski definition) is 0. The normalized spacial score (nSPS) is 14.2. The molecule has 1 aliphatic heterocycles. The molecule has 0 atom stereocenters. The third-order valence-electron chi connectivity index (χ3n) is 5.25. The van der Waals surface area contributed by atoms with Crippen LogP contribution in [0.5, 0.6) is 0 Å². The molecule has 0 fully saturated rings. The van der Waals surface area contributed by atoms with Gasteiger partial charge in [-0.05, 0) is 41.4 Å². The van der Waals surface area contributed by atoms with E-state index in [1.165, 1.54) is 0 Å². The van der Waals surface area contributed by atoms with Gasteiger partial charge in [-0.15, -0.1) is 0 Å². The highest BCUT2D eigenvalue weighted by molar-refractivity contribution is 9.11.